The lowest BCUT2D eigenvalue weighted by Crippen LogP contribution is -2.09. The van der Waals surface area contributed by atoms with Gasteiger partial charge in [-0.25, -0.2) is 4.98 Å². The van der Waals surface area contributed by atoms with Crippen molar-refractivity contribution < 1.29 is 9.26 Å². The summed E-state index contributed by atoms with van der Waals surface area (Å²) in [5.74, 6) is 4.81. The molecular weight excluding hydrogens is 368 g/mol. The fourth-order valence-electron chi connectivity index (χ4n) is 3.58. The second-order valence-electron chi connectivity index (χ2n) is 6.78. The normalized spacial score (nSPS) is 12.0. The first-order valence-electron chi connectivity index (χ1n) is 9.30. The average molecular weight is 386 g/mol. The molecule has 0 spiro atoms. The van der Waals surface area contributed by atoms with E-state index in [0.29, 0.717) is 25.5 Å². The highest BCUT2D eigenvalue weighted by atomic mass is 16.5. The van der Waals surface area contributed by atoms with Gasteiger partial charge in [-0.15, -0.1) is 16.6 Å². The summed E-state index contributed by atoms with van der Waals surface area (Å²) in [5.41, 5.74) is 5.10. The first kappa shape index (κ1) is 17.4. The van der Waals surface area contributed by atoms with E-state index in [4.69, 9.17) is 15.7 Å². The molecule has 0 N–H and O–H groups in total. The fourth-order valence-corrected chi connectivity index (χ4v) is 3.58. The van der Waals surface area contributed by atoms with Crippen LogP contribution in [0.4, 0.5) is 0 Å². The van der Waals surface area contributed by atoms with E-state index in [1.54, 1.807) is 6.33 Å². The predicted molar refractivity (Wildman–Crippen MR) is 105 cm³/mol. The molecule has 0 saturated heterocycles. The minimum atomic E-state index is 0.374. The van der Waals surface area contributed by atoms with Crippen LogP contribution < -0.4 is 0 Å². The Bertz CT molecular complexity index is 1260. The highest BCUT2D eigenvalue weighted by Crippen LogP contribution is 2.35. The second-order valence-corrected chi connectivity index (χ2v) is 6.78. The van der Waals surface area contributed by atoms with Gasteiger partial charge < -0.3 is 13.8 Å². The summed E-state index contributed by atoms with van der Waals surface area (Å²) < 4.78 is 15.2. The van der Waals surface area contributed by atoms with Crippen molar-refractivity contribution in [3.8, 4) is 40.9 Å². The van der Waals surface area contributed by atoms with Crippen molar-refractivity contribution in [3.05, 3.63) is 53.4 Å². The zero-order chi connectivity index (χ0) is 20.0. The average Bonchev–Trinajstić information content (AvgIpc) is 3.43. The number of rotatable bonds is 4. The lowest BCUT2D eigenvalue weighted by Gasteiger charge is -2.09. The zero-order valence-corrected chi connectivity index (χ0v) is 16.1. The molecule has 5 rings (SSSR count). The fraction of sp³-hybridized carbons (Fsp3) is 0.238. The Balaban J connectivity index is 1.76. The molecule has 8 heteroatoms. The van der Waals surface area contributed by atoms with E-state index < -0.39 is 0 Å². The molecule has 0 fully saturated rings. The van der Waals surface area contributed by atoms with E-state index in [0.717, 1.165) is 45.5 Å². The van der Waals surface area contributed by atoms with E-state index in [1.165, 1.54) is 0 Å². The van der Waals surface area contributed by atoms with E-state index in [2.05, 4.69) is 26.3 Å². The molecule has 29 heavy (non-hydrogen) atoms. The first-order chi connectivity index (χ1) is 14.2. The predicted octanol–water partition coefficient (Wildman–Crippen LogP) is 2.97. The number of benzene rings is 1. The van der Waals surface area contributed by atoms with Crippen molar-refractivity contribution in [2.75, 3.05) is 6.61 Å². The van der Waals surface area contributed by atoms with Crippen LogP contribution >= 0.6 is 0 Å². The summed E-state index contributed by atoms with van der Waals surface area (Å²) in [7, 11) is 0. The third-order valence-corrected chi connectivity index (χ3v) is 4.96. The van der Waals surface area contributed by atoms with Crippen LogP contribution in [0.5, 0.6) is 0 Å². The molecule has 0 atom stereocenters. The lowest BCUT2D eigenvalue weighted by atomic mass is 10.1. The Kier molecular flexibility index (Phi) is 4.03. The van der Waals surface area contributed by atoms with Crippen molar-refractivity contribution in [2.45, 2.75) is 27.0 Å². The highest BCUT2D eigenvalue weighted by Gasteiger charge is 2.27. The van der Waals surface area contributed by atoms with Crippen molar-refractivity contribution >= 4 is 0 Å². The van der Waals surface area contributed by atoms with Crippen LogP contribution in [0.25, 0.3) is 28.5 Å². The molecule has 4 heterocycles. The molecule has 3 aromatic heterocycles. The Hall–Kier alpha value is -3.70. The van der Waals surface area contributed by atoms with Crippen LogP contribution in [0.15, 0.2) is 35.1 Å². The standard InChI is InChI=1S/C21H18N6O2/c1-4-14-6-7-16-15(9-14)21-24-23-19(11-28-5-2)26(21)10-17-20(22-12-27(16)17)18-8-13(3)25-29-18/h1,6-9,12H,5,10-11H2,2-3H3. The quantitative estimate of drug-likeness (QED) is 0.442. The number of imidazole rings is 1. The summed E-state index contributed by atoms with van der Waals surface area (Å²) in [4.78, 5) is 4.62. The van der Waals surface area contributed by atoms with E-state index in [9.17, 15) is 0 Å². The maximum absolute atomic E-state index is 5.64. The SMILES string of the molecule is C#Cc1ccc2c(c1)-c1nnc(COCC)n1Cc1c(-c3cc(C)no3)ncn1-2. The second kappa shape index (κ2) is 6.72. The zero-order valence-electron chi connectivity index (χ0n) is 16.1. The number of nitrogens with zero attached hydrogens (tertiary/aromatic N) is 6. The van der Waals surface area contributed by atoms with Gasteiger partial charge in [-0.05, 0) is 32.0 Å². The number of aromatic nitrogens is 6. The van der Waals surface area contributed by atoms with Gasteiger partial charge in [0.2, 0.25) is 0 Å². The number of aryl methyl sites for hydroxylation is 1. The van der Waals surface area contributed by atoms with Crippen molar-refractivity contribution in [3.63, 3.8) is 0 Å². The summed E-state index contributed by atoms with van der Waals surface area (Å²) in [5, 5.41) is 12.8. The Morgan fingerprint density at radius 1 is 1.28 bits per heavy atom. The number of hydrogen-bond donors (Lipinski definition) is 0. The van der Waals surface area contributed by atoms with Gasteiger partial charge in [-0.2, -0.15) is 0 Å². The maximum atomic E-state index is 5.64. The highest BCUT2D eigenvalue weighted by molar-refractivity contribution is 5.73. The van der Waals surface area contributed by atoms with Crippen LogP contribution in [0.1, 0.15) is 29.7 Å². The molecule has 0 amide bonds. The van der Waals surface area contributed by atoms with Gasteiger partial charge in [0.15, 0.2) is 17.4 Å². The molecule has 1 aliphatic rings. The largest absolute Gasteiger partial charge is 0.374 e. The minimum absolute atomic E-state index is 0.374. The van der Waals surface area contributed by atoms with Gasteiger partial charge in [0, 0.05) is 23.8 Å². The molecular formula is C21H18N6O2. The molecule has 0 aliphatic carbocycles. The molecule has 0 saturated carbocycles. The summed E-state index contributed by atoms with van der Waals surface area (Å²) in [6.07, 6.45) is 7.43. The topological polar surface area (TPSA) is 83.8 Å². The van der Waals surface area contributed by atoms with Gasteiger partial charge in [-0.3, -0.25) is 4.57 Å². The van der Waals surface area contributed by atoms with Crippen molar-refractivity contribution in [2.24, 2.45) is 0 Å². The third kappa shape index (κ3) is 2.75. The van der Waals surface area contributed by atoms with E-state index in [1.807, 2.05) is 47.2 Å². The number of terminal acetylenes is 1. The summed E-state index contributed by atoms with van der Waals surface area (Å²) in [6, 6.07) is 7.73. The lowest BCUT2D eigenvalue weighted by molar-refractivity contribution is 0.125. The molecule has 144 valence electrons. The van der Waals surface area contributed by atoms with Gasteiger partial charge in [-0.1, -0.05) is 11.1 Å². The van der Waals surface area contributed by atoms with Crippen molar-refractivity contribution in [1.82, 2.24) is 29.5 Å². The molecule has 0 unspecified atom stereocenters. The van der Waals surface area contributed by atoms with Crippen molar-refractivity contribution in [1.29, 1.82) is 0 Å². The molecule has 1 aromatic carbocycles. The molecule has 0 radical (unpaired) electrons. The van der Waals surface area contributed by atoms with Gasteiger partial charge >= 0.3 is 0 Å². The van der Waals surface area contributed by atoms with Gasteiger partial charge in [0.25, 0.3) is 0 Å². The molecule has 0 bridgehead atoms. The smallest absolute Gasteiger partial charge is 0.187 e. The van der Waals surface area contributed by atoms with Crippen LogP contribution in [0.3, 0.4) is 0 Å². The number of ether oxygens (including phenoxy) is 1. The van der Waals surface area contributed by atoms with Gasteiger partial charge in [0.05, 0.1) is 23.6 Å². The first-order valence-corrected chi connectivity index (χ1v) is 9.30. The van der Waals surface area contributed by atoms with Crippen LogP contribution in [0, 0.1) is 19.3 Å². The van der Waals surface area contributed by atoms with Crippen LogP contribution in [0.2, 0.25) is 0 Å². The van der Waals surface area contributed by atoms with Gasteiger partial charge in [0.1, 0.15) is 18.6 Å². The Morgan fingerprint density at radius 3 is 2.93 bits per heavy atom. The minimum Gasteiger partial charge on any atom is -0.374 e. The number of hydrogen-bond acceptors (Lipinski definition) is 6. The third-order valence-electron chi connectivity index (χ3n) is 4.96. The van der Waals surface area contributed by atoms with E-state index >= 15 is 0 Å². The van der Waals surface area contributed by atoms with Crippen LogP contribution in [-0.4, -0.2) is 36.1 Å². The summed E-state index contributed by atoms with van der Waals surface area (Å²) in [6.45, 7) is 5.32. The Labute approximate surface area is 167 Å². The molecule has 8 nitrogen and oxygen atoms in total. The maximum Gasteiger partial charge on any atom is 0.187 e. The molecule has 4 aromatic rings. The Morgan fingerprint density at radius 2 is 2.17 bits per heavy atom. The number of fused-ring (bicyclic) bond motifs is 5. The molecule has 1 aliphatic heterocycles. The van der Waals surface area contributed by atoms with Crippen LogP contribution in [-0.2, 0) is 17.9 Å². The van der Waals surface area contributed by atoms with E-state index in [-0.39, 0.29) is 0 Å². The monoisotopic (exact) mass is 386 g/mol. The summed E-state index contributed by atoms with van der Waals surface area (Å²) >= 11 is 0.